The molecule has 0 aliphatic heterocycles. The summed E-state index contributed by atoms with van der Waals surface area (Å²) in [5, 5.41) is 7.64. The maximum absolute atomic E-state index is 14.6. The van der Waals surface area contributed by atoms with Gasteiger partial charge < -0.3 is 24.8 Å². The number of amidine groups is 1. The topological polar surface area (TPSA) is 111 Å². The predicted molar refractivity (Wildman–Crippen MR) is 139 cm³/mol. The summed E-state index contributed by atoms with van der Waals surface area (Å²) in [5.41, 5.74) is 8.33. The van der Waals surface area contributed by atoms with E-state index in [2.05, 4.69) is 4.98 Å². The molecule has 0 aliphatic carbocycles. The van der Waals surface area contributed by atoms with E-state index in [0.717, 1.165) is 5.56 Å². The van der Waals surface area contributed by atoms with Gasteiger partial charge >= 0.3 is 5.97 Å². The summed E-state index contributed by atoms with van der Waals surface area (Å²) < 4.78 is 45.3. The fourth-order valence-electron chi connectivity index (χ4n) is 3.55. The van der Waals surface area contributed by atoms with Crippen LogP contribution in [0.2, 0.25) is 0 Å². The van der Waals surface area contributed by atoms with Crippen LogP contribution in [0.3, 0.4) is 0 Å². The Bertz CT molecular complexity index is 1520. The van der Waals surface area contributed by atoms with Gasteiger partial charge in [-0.3, -0.25) is 5.41 Å². The lowest BCUT2D eigenvalue weighted by Gasteiger charge is -2.16. The highest BCUT2D eigenvalue weighted by Crippen LogP contribution is 2.34. The number of benzene rings is 3. The van der Waals surface area contributed by atoms with E-state index < -0.39 is 29.4 Å². The summed E-state index contributed by atoms with van der Waals surface area (Å²) in [5.74, 6) is -3.82. The first kappa shape index (κ1) is 26.1. The average molecular weight is 519 g/mol. The highest BCUT2D eigenvalue weighted by atomic mass is 19.1. The Labute approximate surface area is 217 Å². The molecule has 1 heterocycles. The van der Waals surface area contributed by atoms with Crippen LogP contribution in [0.25, 0.3) is 11.1 Å². The molecule has 0 atom stereocenters. The second kappa shape index (κ2) is 11.0. The van der Waals surface area contributed by atoms with Crippen LogP contribution < -0.4 is 20.1 Å². The molecule has 1 aromatic heterocycles. The number of rotatable bonds is 8. The molecule has 0 spiro atoms. The Kier molecular flexibility index (Phi) is 7.52. The molecule has 8 nitrogen and oxygen atoms in total. The number of nitrogens with zero attached hydrogens (tertiary/aromatic N) is 2. The lowest BCUT2D eigenvalue weighted by molar-refractivity contribution is 0.0597. The number of esters is 1. The Morgan fingerprint density at radius 1 is 0.895 bits per heavy atom. The van der Waals surface area contributed by atoms with Gasteiger partial charge in [0.1, 0.15) is 22.9 Å². The number of nitrogen functional groups attached to an aromatic ring is 1. The van der Waals surface area contributed by atoms with Gasteiger partial charge in [0.05, 0.1) is 7.11 Å². The zero-order valence-corrected chi connectivity index (χ0v) is 20.8. The van der Waals surface area contributed by atoms with Gasteiger partial charge in [0.15, 0.2) is 11.6 Å². The molecule has 3 aromatic carbocycles. The van der Waals surface area contributed by atoms with Crippen molar-refractivity contribution in [1.82, 2.24) is 4.98 Å². The molecule has 10 heteroatoms. The van der Waals surface area contributed by atoms with Crippen molar-refractivity contribution in [3.63, 3.8) is 0 Å². The third-order valence-electron chi connectivity index (χ3n) is 5.51. The lowest BCUT2D eigenvalue weighted by Crippen LogP contribution is -2.11. The van der Waals surface area contributed by atoms with Crippen molar-refractivity contribution in [2.24, 2.45) is 5.73 Å². The van der Waals surface area contributed by atoms with Crippen molar-refractivity contribution >= 4 is 17.5 Å². The molecule has 4 aromatic rings. The van der Waals surface area contributed by atoms with Crippen LogP contribution in [0.4, 0.5) is 14.5 Å². The normalized spacial score (nSPS) is 10.6. The minimum absolute atomic E-state index is 0.0289. The molecule has 0 radical (unpaired) electrons. The molecule has 194 valence electrons. The van der Waals surface area contributed by atoms with Gasteiger partial charge in [0.2, 0.25) is 0 Å². The van der Waals surface area contributed by atoms with E-state index in [4.69, 9.17) is 25.4 Å². The summed E-state index contributed by atoms with van der Waals surface area (Å²) in [6.07, 6.45) is 0. The number of nitrogens with one attached hydrogen (secondary N) is 1. The van der Waals surface area contributed by atoms with Crippen LogP contribution >= 0.6 is 0 Å². The number of carbonyl (C=O) groups excluding carboxylic acids is 1. The van der Waals surface area contributed by atoms with Crippen molar-refractivity contribution in [3.8, 4) is 34.4 Å². The van der Waals surface area contributed by atoms with Crippen LogP contribution in [0, 0.1) is 17.0 Å². The molecular formula is C28H24F2N4O4. The molecule has 3 N–H and O–H groups in total. The number of hydrogen-bond donors (Lipinski definition) is 2. The Morgan fingerprint density at radius 3 is 2.21 bits per heavy atom. The first-order valence-electron chi connectivity index (χ1n) is 11.3. The second-order valence-corrected chi connectivity index (χ2v) is 8.36. The Morgan fingerprint density at radius 2 is 1.55 bits per heavy atom. The average Bonchev–Trinajstić information content (AvgIpc) is 2.91. The summed E-state index contributed by atoms with van der Waals surface area (Å²) in [6.45, 7) is 0. The third kappa shape index (κ3) is 5.70. The fraction of sp³-hybridized carbons (Fsp3) is 0.107. The molecule has 0 saturated carbocycles. The summed E-state index contributed by atoms with van der Waals surface area (Å²) in [6, 6.07) is 19.0. The highest BCUT2D eigenvalue weighted by molar-refractivity contribution is 5.96. The van der Waals surface area contributed by atoms with E-state index in [1.165, 1.54) is 19.2 Å². The summed E-state index contributed by atoms with van der Waals surface area (Å²) in [4.78, 5) is 18.0. The van der Waals surface area contributed by atoms with Crippen molar-refractivity contribution < 1.29 is 27.8 Å². The van der Waals surface area contributed by atoms with Crippen molar-refractivity contribution in [2.45, 2.75) is 0 Å². The predicted octanol–water partition coefficient (Wildman–Crippen LogP) is 5.75. The third-order valence-corrected chi connectivity index (χ3v) is 5.51. The zero-order chi connectivity index (χ0) is 27.4. The van der Waals surface area contributed by atoms with Gasteiger partial charge in [0, 0.05) is 31.4 Å². The van der Waals surface area contributed by atoms with E-state index in [-0.39, 0.29) is 22.9 Å². The molecule has 0 unspecified atom stereocenters. The number of anilines is 1. The van der Waals surface area contributed by atoms with Gasteiger partial charge in [0.25, 0.3) is 11.8 Å². The molecule has 0 amide bonds. The number of pyridine rings is 1. The standard InChI is InChI=1S/C28H24F2N4O4/c1-34(2)19-10-11-24(21(14-19)28(35)36-3)38-27-23(30)15-22(29)26(33-27)37-20-9-5-7-17(13-20)16-6-4-8-18(12-16)25(31)32/h4-15H,1-3H3,(H3,31,32). The fourth-order valence-corrected chi connectivity index (χ4v) is 3.55. The number of halogens is 2. The van der Waals surface area contributed by atoms with Crippen LogP contribution in [0.1, 0.15) is 15.9 Å². The molecule has 4 rings (SSSR count). The minimum atomic E-state index is -1.09. The summed E-state index contributed by atoms with van der Waals surface area (Å²) in [7, 11) is 4.79. The van der Waals surface area contributed by atoms with E-state index >= 15 is 0 Å². The van der Waals surface area contributed by atoms with Crippen LogP contribution in [-0.4, -0.2) is 38.0 Å². The molecule has 0 bridgehead atoms. The number of ether oxygens (including phenoxy) is 3. The largest absolute Gasteiger partial charge is 0.465 e. The lowest BCUT2D eigenvalue weighted by atomic mass is 10.0. The Hall–Kier alpha value is -4.99. The van der Waals surface area contributed by atoms with E-state index in [0.29, 0.717) is 22.9 Å². The van der Waals surface area contributed by atoms with Gasteiger partial charge in [-0.05, 0) is 47.5 Å². The monoisotopic (exact) mass is 518 g/mol. The van der Waals surface area contributed by atoms with Crippen LogP contribution in [0.5, 0.6) is 23.3 Å². The van der Waals surface area contributed by atoms with Crippen LogP contribution in [-0.2, 0) is 4.74 Å². The Balaban J connectivity index is 1.65. The number of methoxy groups -OCH3 is 1. The number of carbonyl (C=O) groups is 1. The smallest absolute Gasteiger partial charge is 0.341 e. The van der Waals surface area contributed by atoms with Crippen molar-refractivity contribution in [1.29, 1.82) is 5.41 Å². The van der Waals surface area contributed by atoms with Crippen LogP contribution in [0.15, 0.2) is 72.8 Å². The zero-order valence-electron chi connectivity index (χ0n) is 20.8. The SMILES string of the molecule is COC(=O)c1cc(N(C)C)ccc1Oc1nc(Oc2cccc(-c3cccc(C(=N)N)c3)c2)c(F)cc1F. The number of hydrogen-bond acceptors (Lipinski definition) is 7. The number of nitrogens with two attached hydrogens (primary N) is 1. The molecule has 0 fully saturated rings. The van der Waals surface area contributed by atoms with E-state index in [1.807, 2.05) is 6.07 Å². The molecule has 0 aliphatic rings. The van der Waals surface area contributed by atoms with E-state index in [9.17, 15) is 13.6 Å². The maximum Gasteiger partial charge on any atom is 0.341 e. The van der Waals surface area contributed by atoms with Gasteiger partial charge in [-0.1, -0.05) is 30.3 Å². The first-order valence-corrected chi connectivity index (χ1v) is 11.3. The van der Waals surface area contributed by atoms with Gasteiger partial charge in [-0.15, -0.1) is 0 Å². The summed E-state index contributed by atoms with van der Waals surface area (Å²) >= 11 is 0. The van der Waals surface area contributed by atoms with Gasteiger partial charge in [-0.2, -0.15) is 4.98 Å². The van der Waals surface area contributed by atoms with E-state index in [1.54, 1.807) is 67.5 Å². The first-order chi connectivity index (χ1) is 18.2. The van der Waals surface area contributed by atoms with Crippen molar-refractivity contribution in [3.05, 3.63) is 95.6 Å². The number of aromatic nitrogens is 1. The van der Waals surface area contributed by atoms with Gasteiger partial charge in [-0.25, -0.2) is 13.6 Å². The minimum Gasteiger partial charge on any atom is -0.465 e. The molecule has 38 heavy (non-hydrogen) atoms. The highest BCUT2D eigenvalue weighted by Gasteiger charge is 2.20. The quantitative estimate of drug-likeness (QED) is 0.174. The van der Waals surface area contributed by atoms with Crippen molar-refractivity contribution in [2.75, 3.05) is 26.1 Å². The maximum atomic E-state index is 14.6. The molecule has 0 saturated heterocycles. The second-order valence-electron chi connectivity index (χ2n) is 8.36. The molecular weight excluding hydrogens is 494 g/mol.